The zero-order valence-corrected chi connectivity index (χ0v) is 6.63. The third-order valence-corrected chi connectivity index (χ3v) is 1.58. The summed E-state index contributed by atoms with van der Waals surface area (Å²) in [6, 6.07) is 0. The van der Waals surface area contributed by atoms with Gasteiger partial charge >= 0.3 is 7.82 Å². The first-order chi connectivity index (χ1) is 4.49. The summed E-state index contributed by atoms with van der Waals surface area (Å²) in [4.78, 5) is 16.3. The van der Waals surface area contributed by atoms with Crippen LogP contribution in [0, 0.1) is 0 Å². The van der Waals surface area contributed by atoms with Gasteiger partial charge in [-0.05, 0) is 0 Å². The molecule has 0 saturated carbocycles. The van der Waals surface area contributed by atoms with Gasteiger partial charge in [-0.25, -0.2) is 4.57 Å². The van der Waals surface area contributed by atoms with Crippen molar-refractivity contribution in [3.05, 3.63) is 0 Å². The molecule has 7 heteroatoms. The summed E-state index contributed by atoms with van der Waals surface area (Å²) in [5.74, 6) is -0.151. The normalized spacial score (nSPS) is 15.2. The second-order valence-electron chi connectivity index (χ2n) is 1.55. The fourth-order valence-corrected chi connectivity index (χ4v) is 1.08. The molecule has 0 heterocycles. The van der Waals surface area contributed by atoms with E-state index < -0.39 is 20.5 Å². The summed E-state index contributed by atoms with van der Waals surface area (Å²) < 4.78 is 14.1. The van der Waals surface area contributed by atoms with Crippen LogP contribution in [-0.2, 0) is 9.09 Å². The zero-order valence-electron chi connectivity index (χ0n) is 4.97. The summed E-state index contributed by atoms with van der Waals surface area (Å²) in [5, 5.41) is 8.34. The maximum atomic E-state index is 10.1. The Morgan fingerprint density at radius 3 is 2.20 bits per heavy atom. The summed E-state index contributed by atoms with van der Waals surface area (Å²) in [6.07, 6.45) is -0.998. The predicted molar refractivity (Wildman–Crippen MR) is 34.7 cm³/mol. The van der Waals surface area contributed by atoms with Crippen molar-refractivity contribution < 1.29 is 24.0 Å². The first kappa shape index (κ1) is 10.4. The molecule has 0 aliphatic heterocycles. The number of aliphatic hydroxyl groups is 1. The van der Waals surface area contributed by atoms with Crippen molar-refractivity contribution in [2.45, 2.75) is 6.10 Å². The summed E-state index contributed by atoms with van der Waals surface area (Å²) in [6.45, 7) is -0.505. The highest BCUT2D eigenvalue weighted by molar-refractivity contribution is 7.46. The van der Waals surface area contributed by atoms with Crippen LogP contribution < -0.4 is 0 Å². The molecule has 0 spiro atoms. The number of rotatable bonds is 4. The van der Waals surface area contributed by atoms with Gasteiger partial charge in [-0.2, -0.15) is 0 Å². The minimum Gasteiger partial charge on any atom is -0.394 e. The maximum Gasteiger partial charge on any atom is 0.469 e. The average molecular weight is 191 g/mol. The van der Waals surface area contributed by atoms with Gasteiger partial charge in [-0.3, -0.25) is 4.52 Å². The van der Waals surface area contributed by atoms with Crippen LogP contribution in [0.4, 0.5) is 0 Å². The van der Waals surface area contributed by atoms with E-state index in [0.29, 0.717) is 0 Å². The lowest BCUT2D eigenvalue weighted by Gasteiger charge is -2.11. The predicted octanol–water partition coefficient (Wildman–Crippen LogP) is -0.305. The van der Waals surface area contributed by atoms with Gasteiger partial charge < -0.3 is 14.9 Å². The Morgan fingerprint density at radius 2 is 2.10 bits per heavy atom. The van der Waals surface area contributed by atoms with Crippen LogP contribution in [0.2, 0.25) is 0 Å². The molecule has 0 aliphatic carbocycles. The van der Waals surface area contributed by atoms with Crippen molar-refractivity contribution >= 4 is 19.4 Å². The molecule has 5 nitrogen and oxygen atoms in total. The molecule has 0 radical (unpaired) electrons. The fraction of sp³-hybridized carbons (Fsp3) is 1.00. The van der Waals surface area contributed by atoms with Gasteiger partial charge in [0.05, 0.1) is 12.5 Å². The van der Waals surface area contributed by atoms with Crippen molar-refractivity contribution in [3.63, 3.8) is 0 Å². The molecule has 10 heavy (non-hydrogen) atoms. The van der Waals surface area contributed by atoms with E-state index in [4.69, 9.17) is 26.5 Å². The molecule has 62 valence electrons. The van der Waals surface area contributed by atoms with Crippen LogP contribution >= 0.6 is 19.4 Å². The molecule has 0 aromatic heterocycles. The molecule has 1 atom stereocenters. The third kappa shape index (κ3) is 5.17. The molecule has 0 aromatic rings. The minimum absolute atomic E-state index is 0.151. The Labute approximate surface area is 62.8 Å². The Bertz CT molecular complexity index is 129. The number of hydrogen-bond acceptors (Lipinski definition) is 3. The Kier molecular flexibility index (Phi) is 4.44. The smallest absolute Gasteiger partial charge is 0.394 e. The Balaban J connectivity index is 3.75. The lowest BCUT2D eigenvalue weighted by atomic mass is 10.4. The Morgan fingerprint density at radius 1 is 1.60 bits per heavy atom. The third-order valence-electron chi connectivity index (χ3n) is 0.662. The molecule has 3 N–H and O–H groups in total. The maximum absolute atomic E-state index is 10.1. The zero-order chi connectivity index (χ0) is 8.20. The highest BCUT2D eigenvalue weighted by Gasteiger charge is 2.20. The molecular formula is C3H8ClO5P. The number of phosphoric acid groups is 1. The largest absolute Gasteiger partial charge is 0.469 e. The quantitative estimate of drug-likeness (QED) is 0.418. The van der Waals surface area contributed by atoms with E-state index in [9.17, 15) is 4.57 Å². The van der Waals surface area contributed by atoms with Crippen LogP contribution in [-0.4, -0.2) is 33.5 Å². The first-order valence-corrected chi connectivity index (χ1v) is 4.47. The van der Waals surface area contributed by atoms with Crippen molar-refractivity contribution in [2.24, 2.45) is 0 Å². The van der Waals surface area contributed by atoms with E-state index >= 15 is 0 Å². The summed E-state index contributed by atoms with van der Waals surface area (Å²) in [5.41, 5.74) is 0. The van der Waals surface area contributed by atoms with Crippen molar-refractivity contribution in [3.8, 4) is 0 Å². The number of halogens is 1. The lowest BCUT2D eigenvalue weighted by Crippen LogP contribution is -2.17. The number of hydrogen-bond donors (Lipinski definition) is 3. The molecule has 1 unspecified atom stereocenters. The van der Waals surface area contributed by atoms with Crippen LogP contribution in [0.5, 0.6) is 0 Å². The highest BCUT2D eigenvalue weighted by atomic mass is 35.5. The Hall–Kier alpha value is 0.360. The molecule has 0 amide bonds. The number of alkyl halides is 1. The number of phosphoric ester groups is 1. The van der Waals surface area contributed by atoms with Gasteiger partial charge in [-0.15, -0.1) is 11.6 Å². The standard InChI is InChI=1S/C3H8ClO5P/c4-1-3(2-5)9-10(6,7)8/h3,5H,1-2H2,(H2,6,7,8). The molecule has 0 rings (SSSR count). The molecular weight excluding hydrogens is 182 g/mol. The van der Waals surface area contributed by atoms with Crippen LogP contribution in [0.25, 0.3) is 0 Å². The van der Waals surface area contributed by atoms with Gasteiger partial charge in [0.2, 0.25) is 0 Å². The molecule has 0 fully saturated rings. The molecule has 0 bridgehead atoms. The minimum atomic E-state index is -4.50. The SMILES string of the molecule is O=P(O)(O)OC(CO)CCl. The van der Waals surface area contributed by atoms with E-state index in [1.54, 1.807) is 0 Å². The van der Waals surface area contributed by atoms with E-state index in [0.717, 1.165) is 0 Å². The van der Waals surface area contributed by atoms with E-state index in [1.165, 1.54) is 0 Å². The van der Waals surface area contributed by atoms with Crippen LogP contribution in [0.1, 0.15) is 0 Å². The molecule has 0 aromatic carbocycles. The second kappa shape index (κ2) is 4.28. The van der Waals surface area contributed by atoms with Crippen LogP contribution in [0.3, 0.4) is 0 Å². The average Bonchev–Trinajstić information content (AvgIpc) is 1.81. The summed E-state index contributed by atoms with van der Waals surface area (Å²) in [7, 11) is -4.50. The van der Waals surface area contributed by atoms with Crippen molar-refractivity contribution in [1.29, 1.82) is 0 Å². The monoisotopic (exact) mass is 190 g/mol. The first-order valence-electron chi connectivity index (χ1n) is 2.40. The topological polar surface area (TPSA) is 87.0 Å². The summed E-state index contributed by atoms with van der Waals surface area (Å²) >= 11 is 5.15. The lowest BCUT2D eigenvalue weighted by molar-refractivity contribution is 0.0941. The van der Waals surface area contributed by atoms with Gasteiger partial charge in [0.1, 0.15) is 6.10 Å². The van der Waals surface area contributed by atoms with Gasteiger partial charge in [0.25, 0.3) is 0 Å². The second-order valence-corrected chi connectivity index (χ2v) is 3.06. The van der Waals surface area contributed by atoms with Gasteiger partial charge in [0, 0.05) is 0 Å². The van der Waals surface area contributed by atoms with Crippen molar-refractivity contribution in [1.82, 2.24) is 0 Å². The highest BCUT2D eigenvalue weighted by Crippen LogP contribution is 2.37. The van der Waals surface area contributed by atoms with E-state index in [1.807, 2.05) is 0 Å². The van der Waals surface area contributed by atoms with Crippen LogP contribution in [0.15, 0.2) is 0 Å². The molecule has 0 aliphatic rings. The molecule has 0 saturated heterocycles. The van der Waals surface area contributed by atoms with Gasteiger partial charge in [-0.1, -0.05) is 0 Å². The van der Waals surface area contributed by atoms with E-state index in [2.05, 4.69) is 4.52 Å². The van der Waals surface area contributed by atoms with Crippen molar-refractivity contribution in [2.75, 3.05) is 12.5 Å². The van der Waals surface area contributed by atoms with E-state index in [-0.39, 0.29) is 5.88 Å². The fourth-order valence-electron chi connectivity index (χ4n) is 0.304. The van der Waals surface area contributed by atoms with Gasteiger partial charge in [0.15, 0.2) is 0 Å². The number of aliphatic hydroxyl groups excluding tert-OH is 1.